The van der Waals surface area contributed by atoms with Gasteiger partial charge in [-0.15, -0.1) is 0 Å². The van der Waals surface area contributed by atoms with Crippen LogP contribution in [0.5, 0.6) is 0 Å². The van der Waals surface area contributed by atoms with Crippen molar-refractivity contribution in [3.05, 3.63) is 35.4 Å². The van der Waals surface area contributed by atoms with Crippen molar-refractivity contribution in [2.24, 2.45) is 11.8 Å². The maximum absolute atomic E-state index is 14.1. The van der Waals surface area contributed by atoms with Gasteiger partial charge in [0.1, 0.15) is 17.7 Å². The lowest BCUT2D eigenvalue weighted by Crippen LogP contribution is -2.57. The second-order valence-electron chi connectivity index (χ2n) is 11.9. The van der Waals surface area contributed by atoms with E-state index in [4.69, 9.17) is 4.74 Å². The fourth-order valence-corrected chi connectivity index (χ4v) is 4.03. The van der Waals surface area contributed by atoms with Crippen LogP contribution in [0.25, 0.3) is 0 Å². The van der Waals surface area contributed by atoms with Gasteiger partial charge >= 0.3 is 6.09 Å². The van der Waals surface area contributed by atoms with E-state index < -0.39 is 29.3 Å². The number of hydrogen-bond acceptors (Lipinski definition) is 4. The Morgan fingerprint density at radius 1 is 1.06 bits per heavy atom. The summed E-state index contributed by atoms with van der Waals surface area (Å²) >= 11 is 0. The highest BCUT2D eigenvalue weighted by Crippen LogP contribution is 2.41. The summed E-state index contributed by atoms with van der Waals surface area (Å²) in [5, 5.41) is 5.85. The lowest BCUT2D eigenvalue weighted by Gasteiger charge is -2.37. The number of hydrogen-bond donors (Lipinski definition) is 2. The van der Waals surface area contributed by atoms with Gasteiger partial charge in [0.2, 0.25) is 11.8 Å². The third-order valence-electron chi connectivity index (χ3n) is 5.79. The van der Waals surface area contributed by atoms with Crippen LogP contribution in [0.15, 0.2) is 24.3 Å². The van der Waals surface area contributed by atoms with E-state index in [0.29, 0.717) is 0 Å². The minimum absolute atomic E-state index is 0.0792. The summed E-state index contributed by atoms with van der Waals surface area (Å²) in [6.45, 7) is 18.9. The molecule has 0 aromatic heterocycles. The van der Waals surface area contributed by atoms with Crippen LogP contribution in [0.3, 0.4) is 0 Å². The third-order valence-corrected chi connectivity index (χ3v) is 5.79. The summed E-state index contributed by atoms with van der Waals surface area (Å²) in [5.74, 6) is -0.423. The molecule has 4 atom stereocenters. The number of nitrogens with zero attached hydrogens (tertiary/aromatic N) is 1. The maximum atomic E-state index is 14.1. The predicted octanol–water partition coefficient (Wildman–Crippen LogP) is 4.74. The number of benzene rings is 1. The molecular formula is C27H43N3O4. The molecule has 0 saturated heterocycles. The van der Waals surface area contributed by atoms with E-state index in [0.717, 1.165) is 17.5 Å². The summed E-state index contributed by atoms with van der Waals surface area (Å²) in [6, 6.07) is 5.96. The molecule has 2 rings (SSSR count). The van der Waals surface area contributed by atoms with Crippen molar-refractivity contribution in [1.29, 1.82) is 0 Å². The van der Waals surface area contributed by atoms with Crippen LogP contribution in [-0.4, -0.2) is 46.0 Å². The number of nitrogens with one attached hydrogen (secondary N) is 2. The Kier molecular flexibility index (Phi) is 8.43. The van der Waals surface area contributed by atoms with Gasteiger partial charge in [-0.25, -0.2) is 4.79 Å². The van der Waals surface area contributed by atoms with Gasteiger partial charge in [0.05, 0.1) is 0 Å². The first-order valence-corrected chi connectivity index (χ1v) is 12.2. The number of alkyl carbamates (subject to hydrolysis) is 1. The molecule has 0 heterocycles. The molecule has 4 unspecified atom stereocenters. The fourth-order valence-electron chi connectivity index (χ4n) is 4.03. The van der Waals surface area contributed by atoms with Crippen LogP contribution in [0.4, 0.5) is 4.79 Å². The molecule has 0 aliphatic heterocycles. The van der Waals surface area contributed by atoms with Gasteiger partial charge in [-0.1, -0.05) is 45.0 Å². The van der Waals surface area contributed by atoms with E-state index in [2.05, 4.69) is 17.6 Å². The fraction of sp³-hybridized carbons (Fsp3) is 0.667. The summed E-state index contributed by atoms with van der Waals surface area (Å²) in [7, 11) is 0. The molecule has 190 valence electrons. The molecule has 3 amide bonds. The molecule has 2 N–H and O–H groups in total. The summed E-state index contributed by atoms with van der Waals surface area (Å²) < 4.78 is 5.42. The minimum atomic E-state index is -0.823. The van der Waals surface area contributed by atoms with E-state index in [9.17, 15) is 14.4 Å². The van der Waals surface area contributed by atoms with E-state index in [1.807, 2.05) is 65.8 Å². The number of carbonyl (C=O) groups excluding carboxylic acids is 3. The second kappa shape index (κ2) is 10.4. The van der Waals surface area contributed by atoms with Gasteiger partial charge in [-0.2, -0.15) is 0 Å². The van der Waals surface area contributed by atoms with E-state index in [1.54, 1.807) is 25.7 Å². The van der Waals surface area contributed by atoms with Crippen LogP contribution in [0.1, 0.15) is 85.9 Å². The molecule has 1 fully saturated rings. The molecule has 0 bridgehead atoms. The van der Waals surface area contributed by atoms with E-state index >= 15 is 0 Å². The van der Waals surface area contributed by atoms with Crippen molar-refractivity contribution in [2.45, 2.75) is 105 Å². The Balaban J connectivity index is 2.51. The van der Waals surface area contributed by atoms with Crippen molar-refractivity contribution >= 4 is 17.9 Å². The Hall–Kier alpha value is -2.57. The van der Waals surface area contributed by atoms with Crippen LogP contribution < -0.4 is 10.6 Å². The average molecular weight is 474 g/mol. The van der Waals surface area contributed by atoms with Gasteiger partial charge in [-0.3, -0.25) is 9.59 Å². The standard InChI is InChI=1S/C27H43N3O4/c1-16(2)21(28-25(33)34-27(8,9)10)24(32)30(20-15-18(20)4)22(23(31)29-26(5,6)7)19-14-12-11-13-17(19)3/h11-14,16,18,20-22H,15H2,1-10H3,(H,28,33)(H,29,31). The number of aryl methyl sites for hydroxylation is 1. The molecule has 1 saturated carbocycles. The Bertz CT molecular complexity index is 898. The zero-order valence-corrected chi connectivity index (χ0v) is 22.5. The molecule has 1 aliphatic rings. The highest BCUT2D eigenvalue weighted by atomic mass is 16.6. The van der Waals surface area contributed by atoms with Crippen molar-refractivity contribution in [1.82, 2.24) is 15.5 Å². The Labute approximate surface area is 205 Å². The summed E-state index contributed by atoms with van der Waals surface area (Å²) in [6.07, 6.45) is 0.170. The van der Waals surface area contributed by atoms with Gasteiger partial charge in [0, 0.05) is 11.6 Å². The van der Waals surface area contributed by atoms with Gasteiger partial charge < -0.3 is 20.3 Å². The van der Waals surface area contributed by atoms with Gasteiger partial charge in [0.15, 0.2) is 0 Å². The first kappa shape index (κ1) is 27.7. The van der Waals surface area contributed by atoms with Gasteiger partial charge in [-0.05, 0) is 77.8 Å². The largest absolute Gasteiger partial charge is 0.444 e. The second-order valence-corrected chi connectivity index (χ2v) is 11.9. The molecule has 1 aliphatic carbocycles. The SMILES string of the molecule is Cc1ccccc1C(C(=O)NC(C)(C)C)N(C(=O)C(NC(=O)OC(C)(C)C)C(C)C)C1CC1C. The molecule has 1 aromatic carbocycles. The number of rotatable bonds is 7. The van der Waals surface area contributed by atoms with Crippen LogP contribution in [0.2, 0.25) is 0 Å². The highest BCUT2D eigenvalue weighted by molar-refractivity contribution is 5.93. The van der Waals surface area contributed by atoms with Crippen LogP contribution in [-0.2, 0) is 14.3 Å². The minimum Gasteiger partial charge on any atom is -0.444 e. The summed E-state index contributed by atoms with van der Waals surface area (Å²) in [4.78, 5) is 42.1. The van der Waals surface area contributed by atoms with Crippen LogP contribution in [0, 0.1) is 18.8 Å². The zero-order chi connectivity index (χ0) is 26.0. The molecule has 0 spiro atoms. The molecule has 34 heavy (non-hydrogen) atoms. The first-order valence-electron chi connectivity index (χ1n) is 12.2. The van der Waals surface area contributed by atoms with Crippen molar-refractivity contribution in [3.63, 3.8) is 0 Å². The highest BCUT2D eigenvalue weighted by Gasteiger charge is 2.49. The topological polar surface area (TPSA) is 87.7 Å². The molecule has 1 aromatic rings. The predicted molar refractivity (Wildman–Crippen MR) is 134 cm³/mol. The normalized spacial score (nSPS) is 19.7. The van der Waals surface area contributed by atoms with E-state index in [-0.39, 0.29) is 29.7 Å². The first-order chi connectivity index (χ1) is 15.5. The van der Waals surface area contributed by atoms with Gasteiger partial charge in [0.25, 0.3) is 0 Å². The summed E-state index contributed by atoms with van der Waals surface area (Å²) in [5.41, 5.74) is 0.573. The lowest BCUT2D eigenvalue weighted by atomic mass is 9.95. The quantitative estimate of drug-likeness (QED) is 0.599. The lowest BCUT2D eigenvalue weighted by molar-refractivity contribution is -0.144. The third kappa shape index (κ3) is 7.47. The molecule has 0 radical (unpaired) electrons. The van der Waals surface area contributed by atoms with E-state index in [1.165, 1.54) is 0 Å². The monoisotopic (exact) mass is 473 g/mol. The van der Waals surface area contributed by atoms with Crippen molar-refractivity contribution in [2.75, 3.05) is 0 Å². The molecule has 7 heteroatoms. The Morgan fingerprint density at radius 3 is 2.06 bits per heavy atom. The van der Waals surface area contributed by atoms with Crippen molar-refractivity contribution in [3.8, 4) is 0 Å². The smallest absolute Gasteiger partial charge is 0.408 e. The number of amides is 3. The van der Waals surface area contributed by atoms with Crippen molar-refractivity contribution < 1.29 is 19.1 Å². The number of carbonyl (C=O) groups is 3. The zero-order valence-electron chi connectivity index (χ0n) is 22.5. The molecular weight excluding hydrogens is 430 g/mol. The Morgan fingerprint density at radius 2 is 1.62 bits per heavy atom. The van der Waals surface area contributed by atoms with Crippen LogP contribution >= 0.6 is 0 Å². The molecule has 7 nitrogen and oxygen atoms in total. The number of ether oxygens (including phenoxy) is 1. The average Bonchev–Trinajstić information content (AvgIpc) is 3.37. The maximum Gasteiger partial charge on any atom is 0.408 e.